The first-order chi connectivity index (χ1) is 19.2. The van der Waals surface area contributed by atoms with Crippen LogP contribution in [0.4, 0.5) is 15.8 Å². The first-order valence-corrected chi connectivity index (χ1v) is 13.0. The van der Waals surface area contributed by atoms with Gasteiger partial charge in [-0.2, -0.15) is 0 Å². The molecule has 1 heterocycles. The Labute approximate surface area is 226 Å². The van der Waals surface area contributed by atoms with E-state index in [0.29, 0.717) is 0 Å². The van der Waals surface area contributed by atoms with Crippen molar-refractivity contribution in [2.75, 3.05) is 5.32 Å². The second-order valence-electron chi connectivity index (χ2n) is 9.79. The van der Waals surface area contributed by atoms with Crippen molar-refractivity contribution in [3.8, 4) is 16.8 Å². The summed E-state index contributed by atoms with van der Waals surface area (Å²) >= 11 is 0. The van der Waals surface area contributed by atoms with E-state index >= 15 is 0 Å². The van der Waals surface area contributed by atoms with E-state index in [1.54, 1.807) is 12.1 Å². The Kier molecular flexibility index (Phi) is 5.49. The molecule has 0 unspecified atom stereocenters. The van der Waals surface area contributed by atoms with Crippen LogP contribution in [0.5, 0.6) is 0 Å². The van der Waals surface area contributed by atoms with Gasteiger partial charge in [-0.25, -0.2) is 4.39 Å². The molecule has 6 aromatic carbocycles. The van der Waals surface area contributed by atoms with Gasteiger partial charge in [0.2, 0.25) is 0 Å². The molecule has 1 aromatic heterocycles. The molecular formula is C36H25FN2. The molecule has 0 atom stereocenters. The van der Waals surface area contributed by atoms with Gasteiger partial charge in [0.05, 0.1) is 11.0 Å². The monoisotopic (exact) mass is 504 g/mol. The van der Waals surface area contributed by atoms with Gasteiger partial charge in [-0.05, 0) is 100 Å². The SMILES string of the molecule is C=Cc1ccc(-n2c3ccccc3c3cc(-c4ccc5cc(Nc6ccc(F)cc6)ccc5c4)ccc32)cc1. The van der Waals surface area contributed by atoms with Crippen LogP contribution in [0.2, 0.25) is 0 Å². The van der Waals surface area contributed by atoms with E-state index in [1.165, 1.54) is 50.5 Å². The summed E-state index contributed by atoms with van der Waals surface area (Å²) in [5, 5.41) is 8.14. The van der Waals surface area contributed by atoms with Gasteiger partial charge in [0.15, 0.2) is 0 Å². The molecule has 186 valence electrons. The lowest BCUT2D eigenvalue weighted by atomic mass is 9.99. The fourth-order valence-electron chi connectivity index (χ4n) is 5.39. The van der Waals surface area contributed by atoms with Gasteiger partial charge in [0, 0.05) is 27.8 Å². The van der Waals surface area contributed by atoms with Gasteiger partial charge in [-0.3, -0.25) is 0 Å². The second kappa shape index (κ2) is 9.30. The van der Waals surface area contributed by atoms with Crippen molar-refractivity contribution in [2.24, 2.45) is 0 Å². The molecule has 0 radical (unpaired) electrons. The van der Waals surface area contributed by atoms with E-state index in [-0.39, 0.29) is 5.82 Å². The Bertz CT molecular complexity index is 2000. The van der Waals surface area contributed by atoms with Gasteiger partial charge >= 0.3 is 0 Å². The molecule has 3 heteroatoms. The number of hydrogen-bond donors (Lipinski definition) is 1. The lowest BCUT2D eigenvalue weighted by Gasteiger charge is -2.10. The first-order valence-electron chi connectivity index (χ1n) is 13.0. The maximum Gasteiger partial charge on any atom is 0.123 e. The lowest BCUT2D eigenvalue weighted by molar-refractivity contribution is 0.628. The van der Waals surface area contributed by atoms with Gasteiger partial charge in [-0.15, -0.1) is 0 Å². The van der Waals surface area contributed by atoms with E-state index in [9.17, 15) is 4.39 Å². The van der Waals surface area contributed by atoms with Crippen molar-refractivity contribution in [1.82, 2.24) is 4.57 Å². The molecule has 0 aliphatic heterocycles. The zero-order valence-electron chi connectivity index (χ0n) is 21.2. The number of hydrogen-bond acceptors (Lipinski definition) is 1. The van der Waals surface area contributed by atoms with Crippen LogP contribution in [-0.2, 0) is 0 Å². The number of nitrogens with zero attached hydrogens (tertiary/aromatic N) is 1. The summed E-state index contributed by atoms with van der Waals surface area (Å²) in [6.07, 6.45) is 1.87. The van der Waals surface area contributed by atoms with Gasteiger partial charge < -0.3 is 9.88 Å². The van der Waals surface area contributed by atoms with Crippen molar-refractivity contribution in [3.63, 3.8) is 0 Å². The number of para-hydroxylation sites is 1. The highest BCUT2D eigenvalue weighted by Gasteiger charge is 2.13. The van der Waals surface area contributed by atoms with Gasteiger partial charge in [0.1, 0.15) is 5.82 Å². The molecule has 0 bridgehead atoms. The molecular weight excluding hydrogens is 479 g/mol. The number of aromatic nitrogens is 1. The highest BCUT2D eigenvalue weighted by atomic mass is 19.1. The first kappa shape index (κ1) is 23.0. The summed E-state index contributed by atoms with van der Waals surface area (Å²) in [5.41, 5.74) is 8.80. The van der Waals surface area contributed by atoms with E-state index in [4.69, 9.17) is 0 Å². The van der Waals surface area contributed by atoms with E-state index in [2.05, 4.69) is 120 Å². The summed E-state index contributed by atoms with van der Waals surface area (Å²) in [6, 6.07) is 43.1. The molecule has 0 fully saturated rings. The largest absolute Gasteiger partial charge is 0.356 e. The smallest absolute Gasteiger partial charge is 0.123 e. The predicted octanol–water partition coefficient (Wildman–Crippen LogP) is 10.1. The molecule has 1 N–H and O–H groups in total. The minimum atomic E-state index is -0.239. The Morgan fingerprint density at radius 1 is 0.590 bits per heavy atom. The number of fused-ring (bicyclic) bond motifs is 4. The van der Waals surface area contributed by atoms with Crippen LogP contribution in [0.3, 0.4) is 0 Å². The number of rotatable bonds is 5. The molecule has 0 aliphatic carbocycles. The minimum Gasteiger partial charge on any atom is -0.356 e. The quantitative estimate of drug-likeness (QED) is 0.247. The van der Waals surface area contributed by atoms with Crippen molar-refractivity contribution in [2.45, 2.75) is 0 Å². The normalized spacial score (nSPS) is 11.3. The van der Waals surface area contributed by atoms with E-state index in [1.807, 2.05) is 6.08 Å². The standard InChI is InChI=1S/C36H25FN2/c1-2-24-7-18-32(19-8-24)39-35-6-4-3-5-33(35)34-23-28(12-20-36(34)39)25-9-10-27-22-31(15-11-26(27)21-25)38-30-16-13-29(37)14-17-30/h2-23,38H,1H2. The predicted molar refractivity (Wildman–Crippen MR) is 163 cm³/mol. The Morgan fingerprint density at radius 3 is 2.08 bits per heavy atom. The molecule has 0 amide bonds. The summed E-state index contributed by atoms with van der Waals surface area (Å²) in [4.78, 5) is 0. The van der Waals surface area contributed by atoms with Crippen molar-refractivity contribution in [3.05, 3.63) is 145 Å². The van der Waals surface area contributed by atoms with Gasteiger partial charge in [0.25, 0.3) is 0 Å². The lowest BCUT2D eigenvalue weighted by Crippen LogP contribution is -1.93. The zero-order valence-corrected chi connectivity index (χ0v) is 21.2. The number of halogens is 1. The van der Waals surface area contributed by atoms with Gasteiger partial charge in [-0.1, -0.05) is 67.3 Å². The molecule has 39 heavy (non-hydrogen) atoms. The highest BCUT2D eigenvalue weighted by molar-refractivity contribution is 6.10. The molecule has 0 spiro atoms. The third-order valence-corrected chi connectivity index (χ3v) is 7.37. The maximum absolute atomic E-state index is 13.2. The van der Waals surface area contributed by atoms with Crippen LogP contribution < -0.4 is 5.32 Å². The molecule has 2 nitrogen and oxygen atoms in total. The fourth-order valence-corrected chi connectivity index (χ4v) is 5.39. The summed E-state index contributed by atoms with van der Waals surface area (Å²) in [6.45, 7) is 3.88. The second-order valence-corrected chi connectivity index (χ2v) is 9.79. The molecule has 0 aliphatic rings. The van der Waals surface area contributed by atoms with Crippen LogP contribution in [0, 0.1) is 5.82 Å². The highest BCUT2D eigenvalue weighted by Crippen LogP contribution is 2.36. The number of nitrogens with one attached hydrogen (secondary N) is 1. The number of benzene rings is 6. The molecule has 7 rings (SSSR count). The Hall–Kier alpha value is -5.15. The topological polar surface area (TPSA) is 17.0 Å². The third-order valence-electron chi connectivity index (χ3n) is 7.37. The van der Waals surface area contributed by atoms with E-state index in [0.717, 1.165) is 28.0 Å². The molecule has 0 saturated carbocycles. The molecule has 0 saturated heterocycles. The average molecular weight is 505 g/mol. The summed E-state index contributed by atoms with van der Waals surface area (Å²) in [5.74, 6) is -0.239. The number of anilines is 2. The average Bonchev–Trinajstić information content (AvgIpc) is 3.32. The van der Waals surface area contributed by atoms with Crippen molar-refractivity contribution in [1.29, 1.82) is 0 Å². The fraction of sp³-hybridized carbons (Fsp3) is 0. The van der Waals surface area contributed by atoms with Crippen LogP contribution in [0.25, 0.3) is 55.5 Å². The van der Waals surface area contributed by atoms with Crippen LogP contribution in [0.15, 0.2) is 134 Å². The zero-order chi connectivity index (χ0) is 26.3. The van der Waals surface area contributed by atoms with Crippen LogP contribution in [-0.4, -0.2) is 4.57 Å². The Morgan fingerprint density at radius 2 is 1.26 bits per heavy atom. The van der Waals surface area contributed by atoms with Crippen LogP contribution in [0.1, 0.15) is 5.56 Å². The summed E-state index contributed by atoms with van der Waals surface area (Å²) < 4.78 is 15.6. The Balaban J connectivity index is 1.28. The van der Waals surface area contributed by atoms with Crippen LogP contribution >= 0.6 is 0 Å². The molecule has 7 aromatic rings. The minimum absolute atomic E-state index is 0.239. The van der Waals surface area contributed by atoms with Crippen molar-refractivity contribution >= 4 is 50.0 Å². The summed E-state index contributed by atoms with van der Waals surface area (Å²) in [7, 11) is 0. The maximum atomic E-state index is 13.2. The van der Waals surface area contributed by atoms with Crippen molar-refractivity contribution < 1.29 is 4.39 Å². The van der Waals surface area contributed by atoms with E-state index < -0.39 is 0 Å². The third kappa shape index (κ3) is 4.14.